The number of amides is 2. The first-order chi connectivity index (χ1) is 16.9. The maximum absolute atomic E-state index is 13.4. The van der Waals surface area contributed by atoms with E-state index >= 15 is 0 Å². The van der Waals surface area contributed by atoms with Crippen LogP contribution in [0.15, 0.2) is 61.1 Å². The lowest BCUT2D eigenvalue weighted by Crippen LogP contribution is -2.48. The number of carbonyl (C=O) groups is 2. The molecule has 1 saturated heterocycles. The number of likely N-dealkylation sites (N-methyl/N-ethyl adjacent to an activating group) is 1. The molecular formula is C27H29N5O3. The largest absolute Gasteiger partial charge is 0.394 e. The van der Waals surface area contributed by atoms with Crippen LogP contribution in [-0.2, 0) is 0 Å². The molecule has 1 aromatic heterocycles. The van der Waals surface area contributed by atoms with Crippen LogP contribution < -0.4 is 4.90 Å². The molecular weight excluding hydrogens is 442 g/mol. The number of fused-ring (bicyclic) bond motifs is 3. The summed E-state index contributed by atoms with van der Waals surface area (Å²) in [7, 11) is 5.48. The number of aliphatic hydroxyl groups excluding tert-OH is 1. The minimum absolute atomic E-state index is 0.0212. The minimum Gasteiger partial charge on any atom is -0.394 e. The van der Waals surface area contributed by atoms with Gasteiger partial charge in [0.15, 0.2) is 0 Å². The molecule has 0 unspecified atom stereocenters. The number of anilines is 1. The first-order valence-corrected chi connectivity index (χ1v) is 11.8. The van der Waals surface area contributed by atoms with Gasteiger partial charge in [0.1, 0.15) is 5.69 Å². The first kappa shape index (κ1) is 23.0. The number of hydrogen-bond donors (Lipinski definition) is 1. The molecule has 1 fully saturated rings. The van der Waals surface area contributed by atoms with E-state index in [0.717, 1.165) is 28.8 Å². The van der Waals surface area contributed by atoms with Gasteiger partial charge in [0.25, 0.3) is 11.8 Å². The first-order valence-electron chi connectivity index (χ1n) is 11.8. The molecule has 35 heavy (non-hydrogen) atoms. The monoisotopic (exact) mass is 471 g/mol. The Labute approximate surface area is 204 Å². The minimum atomic E-state index is -0.164. The maximum Gasteiger partial charge on any atom is 0.274 e. The van der Waals surface area contributed by atoms with Crippen LogP contribution in [0.25, 0.3) is 11.1 Å². The van der Waals surface area contributed by atoms with E-state index < -0.39 is 0 Å². The summed E-state index contributed by atoms with van der Waals surface area (Å²) in [5, 5.41) is 10.2. The Bertz CT molecular complexity index is 1250. The Kier molecular flexibility index (Phi) is 5.98. The molecule has 1 N–H and O–H groups in total. The van der Waals surface area contributed by atoms with E-state index in [1.807, 2.05) is 36.2 Å². The third kappa shape index (κ3) is 3.93. The van der Waals surface area contributed by atoms with Gasteiger partial charge in [-0.1, -0.05) is 18.2 Å². The average Bonchev–Trinajstić information content (AvgIpc) is 3.33. The average molecular weight is 472 g/mol. The van der Waals surface area contributed by atoms with Gasteiger partial charge in [-0.25, -0.2) is 4.98 Å². The molecule has 0 saturated carbocycles. The smallest absolute Gasteiger partial charge is 0.274 e. The van der Waals surface area contributed by atoms with Gasteiger partial charge in [-0.3, -0.25) is 14.6 Å². The molecule has 180 valence electrons. The molecule has 3 aromatic rings. The zero-order valence-electron chi connectivity index (χ0n) is 20.1. The van der Waals surface area contributed by atoms with Gasteiger partial charge < -0.3 is 19.8 Å². The van der Waals surface area contributed by atoms with Crippen molar-refractivity contribution < 1.29 is 14.7 Å². The number of likely N-dealkylation sites (tertiary alicyclic amines) is 1. The fraction of sp³-hybridized carbons (Fsp3) is 0.333. The van der Waals surface area contributed by atoms with Crippen molar-refractivity contribution in [2.45, 2.75) is 18.5 Å². The van der Waals surface area contributed by atoms with Crippen LogP contribution in [-0.4, -0.2) is 77.0 Å². The lowest BCUT2D eigenvalue weighted by Gasteiger charge is -2.44. The normalized spacial score (nSPS) is 20.9. The van der Waals surface area contributed by atoms with E-state index in [1.165, 1.54) is 12.4 Å². The van der Waals surface area contributed by atoms with E-state index in [1.54, 1.807) is 25.2 Å². The van der Waals surface area contributed by atoms with Gasteiger partial charge in [-0.15, -0.1) is 0 Å². The number of hydrogen-bond acceptors (Lipinski definition) is 6. The van der Waals surface area contributed by atoms with Crippen molar-refractivity contribution in [2.24, 2.45) is 5.92 Å². The summed E-state index contributed by atoms with van der Waals surface area (Å²) in [6.07, 6.45) is 5.39. The highest BCUT2D eigenvalue weighted by Gasteiger charge is 2.48. The molecule has 2 aliphatic rings. The highest BCUT2D eigenvalue weighted by Crippen LogP contribution is 2.49. The summed E-state index contributed by atoms with van der Waals surface area (Å²) >= 11 is 0. The summed E-state index contributed by atoms with van der Waals surface area (Å²) < 4.78 is 0. The predicted molar refractivity (Wildman–Crippen MR) is 133 cm³/mol. The standard InChI is InChI=1S/C27H29N5O3/c1-30(2)26(34)18-6-4-17(5-7-18)19-8-9-23-21(14-19)25-20(24(16-33)31(23)3)10-13-32(25)27(35)22-15-28-11-12-29-22/h4-9,11-12,14-15,20,24-25,33H,10,13,16H2,1-3H3/t20-,24+,25-/m1/s1. The van der Waals surface area contributed by atoms with Crippen LogP contribution in [0.5, 0.6) is 0 Å². The summed E-state index contributed by atoms with van der Waals surface area (Å²) in [5.74, 6) is -0.0752. The molecule has 2 amide bonds. The van der Waals surface area contributed by atoms with Crippen molar-refractivity contribution in [2.75, 3.05) is 39.2 Å². The summed E-state index contributed by atoms with van der Waals surface area (Å²) in [4.78, 5) is 39.6. The fourth-order valence-corrected chi connectivity index (χ4v) is 5.48. The van der Waals surface area contributed by atoms with E-state index in [2.05, 4.69) is 33.1 Å². The molecule has 3 atom stereocenters. The Morgan fingerprint density at radius 1 is 1.09 bits per heavy atom. The molecule has 8 nitrogen and oxygen atoms in total. The second-order valence-electron chi connectivity index (χ2n) is 9.40. The van der Waals surface area contributed by atoms with E-state index in [-0.39, 0.29) is 36.4 Å². The van der Waals surface area contributed by atoms with Crippen molar-refractivity contribution in [1.29, 1.82) is 0 Å². The van der Waals surface area contributed by atoms with Crippen LogP contribution >= 0.6 is 0 Å². The van der Waals surface area contributed by atoms with Crippen molar-refractivity contribution >= 4 is 17.5 Å². The van der Waals surface area contributed by atoms with Crippen LogP contribution in [0.4, 0.5) is 5.69 Å². The molecule has 0 radical (unpaired) electrons. The fourth-order valence-electron chi connectivity index (χ4n) is 5.48. The molecule has 5 rings (SSSR count). The third-order valence-electron chi connectivity index (χ3n) is 7.26. The van der Waals surface area contributed by atoms with Crippen LogP contribution in [0.2, 0.25) is 0 Å². The van der Waals surface area contributed by atoms with Gasteiger partial charge in [-0.05, 0) is 47.4 Å². The van der Waals surface area contributed by atoms with Gasteiger partial charge in [0.05, 0.1) is 24.9 Å². The van der Waals surface area contributed by atoms with Gasteiger partial charge in [-0.2, -0.15) is 0 Å². The van der Waals surface area contributed by atoms with Crippen LogP contribution in [0, 0.1) is 5.92 Å². The van der Waals surface area contributed by atoms with Crippen molar-refractivity contribution in [3.05, 3.63) is 77.9 Å². The molecule has 3 heterocycles. The predicted octanol–water partition coefficient (Wildman–Crippen LogP) is 2.86. The summed E-state index contributed by atoms with van der Waals surface area (Å²) in [6.45, 7) is 0.619. The van der Waals surface area contributed by atoms with Crippen LogP contribution in [0.3, 0.4) is 0 Å². The highest BCUT2D eigenvalue weighted by atomic mass is 16.3. The van der Waals surface area contributed by atoms with E-state index in [4.69, 9.17) is 0 Å². The highest BCUT2D eigenvalue weighted by molar-refractivity contribution is 5.94. The second-order valence-corrected chi connectivity index (χ2v) is 9.40. The van der Waals surface area contributed by atoms with Gasteiger partial charge in [0.2, 0.25) is 0 Å². The number of carbonyl (C=O) groups excluding carboxylic acids is 2. The summed E-state index contributed by atoms with van der Waals surface area (Å²) in [6, 6.07) is 13.6. The van der Waals surface area contributed by atoms with Crippen LogP contribution in [0.1, 0.15) is 38.9 Å². The lowest BCUT2D eigenvalue weighted by molar-refractivity contribution is 0.0687. The second kappa shape index (κ2) is 9.11. The van der Waals surface area contributed by atoms with E-state index in [9.17, 15) is 14.7 Å². The number of nitrogens with zero attached hydrogens (tertiary/aromatic N) is 5. The number of aliphatic hydroxyl groups is 1. The van der Waals surface area contributed by atoms with Gasteiger partial charge in [0, 0.05) is 57.3 Å². The lowest BCUT2D eigenvalue weighted by atomic mass is 9.81. The molecule has 0 spiro atoms. The van der Waals surface area contributed by atoms with Gasteiger partial charge >= 0.3 is 0 Å². The van der Waals surface area contributed by atoms with E-state index in [0.29, 0.717) is 17.8 Å². The molecule has 2 aliphatic heterocycles. The molecule has 0 aliphatic carbocycles. The topological polar surface area (TPSA) is 89.9 Å². The number of aromatic nitrogens is 2. The maximum atomic E-state index is 13.4. The number of benzene rings is 2. The Morgan fingerprint density at radius 2 is 1.83 bits per heavy atom. The van der Waals surface area contributed by atoms with Crippen molar-refractivity contribution in [3.8, 4) is 11.1 Å². The molecule has 0 bridgehead atoms. The Morgan fingerprint density at radius 3 is 2.49 bits per heavy atom. The summed E-state index contributed by atoms with van der Waals surface area (Å²) in [5.41, 5.74) is 5.04. The quantitative estimate of drug-likeness (QED) is 0.629. The zero-order chi connectivity index (χ0) is 24.7. The zero-order valence-corrected chi connectivity index (χ0v) is 20.1. The van der Waals surface area contributed by atoms with Crippen molar-refractivity contribution in [3.63, 3.8) is 0 Å². The SMILES string of the molecule is CN(C)C(=O)c1ccc(-c2ccc3c(c2)[C@H]2[C@H](CCN2C(=O)c2cnccn2)[C@H](CO)N3C)cc1. The van der Waals surface area contributed by atoms with Crippen molar-refractivity contribution in [1.82, 2.24) is 19.8 Å². The Hall–Kier alpha value is -3.78. The number of rotatable bonds is 4. The third-order valence-corrected chi connectivity index (χ3v) is 7.26. The molecule has 8 heteroatoms. The Balaban J connectivity index is 1.55. The molecule has 2 aromatic carbocycles.